The molecule has 2 aromatic carbocycles. The van der Waals surface area contributed by atoms with Gasteiger partial charge in [-0.05, 0) is 50.6 Å². The first kappa shape index (κ1) is 23.7. The molecule has 1 saturated heterocycles. The minimum Gasteiger partial charge on any atom is -0.465 e. The van der Waals surface area contributed by atoms with E-state index in [1.807, 2.05) is 54.4 Å². The summed E-state index contributed by atoms with van der Waals surface area (Å²) in [6, 6.07) is 15.1. The van der Waals surface area contributed by atoms with Crippen molar-refractivity contribution in [1.82, 2.24) is 4.90 Å². The Hall–Kier alpha value is -2.99. The standard InChI is InChI=1S/C26H30FNO4/c1-4-31-24(29)26(25(30)32-5-2)21(13-9-12-19-10-7-6-8-11-19)18-28(3)23(26)20-14-16-22(27)17-15-20/h6-12,14-17,21,23H,4-5,13,18H2,1-3H3/b12-9+/t21-,23+/m0/s1. The molecule has 5 nitrogen and oxygen atoms in total. The van der Waals surface area contributed by atoms with Crippen LogP contribution in [0, 0.1) is 17.2 Å². The molecule has 1 aliphatic heterocycles. The second kappa shape index (κ2) is 10.6. The lowest BCUT2D eigenvalue weighted by molar-refractivity contribution is -0.177. The van der Waals surface area contributed by atoms with Crippen LogP contribution < -0.4 is 0 Å². The van der Waals surface area contributed by atoms with E-state index in [1.165, 1.54) is 12.1 Å². The molecule has 0 aliphatic carbocycles. The van der Waals surface area contributed by atoms with Crippen molar-refractivity contribution in [3.05, 3.63) is 77.6 Å². The maximum atomic E-state index is 13.6. The van der Waals surface area contributed by atoms with E-state index in [4.69, 9.17) is 9.47 Å². The minimum absolute atomic E-state index is 0.145. The zero-order valence-corrected chi connectivity index (χ0v) is 18.8. The fourth-order valence-corrected chi connectivity index (χ4v) is 4.66. The van der Waals surface area contributed by atoms with Gasteiger partial charge < -0.3 is 9.47 Å². The average Bonchev–Trinajstić information content (AvgIpc) is 3.08. The van der Waals surface area contributed by atoms with Gasteiger partial charge in [0.1, 0.15) is 5.82 Å². The summed E-state index contributed by atoms with van der Waals surface area (Å²) < 4.78 is 24.5. The molecule has 32 heavy (non-hydrogen) atoms. The largest absolute Gasteiger partial charge is 0.465 e. The van der Waals surface area contributed by atoms with E-state index < -0.39 is 23.4 Å². The first-order valence-electron chi connectivity index (χ1n) is 11.0. The molecule has 0 bridgehead atoms. The van der Waals surface area contributed by atoms with Crippen molar-refractivity contribution in [2.75, 3.05) is 26.8 Å². The van der Waals surface area contributed by atoms with Gasteiger partial charge in [0, 0.05) is 12.5 Å². The van der Waals surface area contributed by atoms with E-state index >= 15 is 0 Å². The normalized spacial score (nSPS) is 20.4. The van der Waals surface area contributed by atoms with Crippen molar-refractivity contribution >= 4 is 18.0 Å². The van der Waals surface area contributed by atoms with Gasteiger partial charge in [-0.15, -0.1) is 0 Å². The van der Waals surface area contributed by atoms with Crippen LogP contribution in [0.2, 0.25) is 0 Å². The fraction of sp³-hybridized carbons (Fsp3) is 0.385. The maximum absolute atomic E-state index is 13.6. The van der Waals surface area contributed by atoms with Crippen LogP contribution in [0.4, 0.5) is 4.39 Å². The predicted octanol–water partition coefficient (Wildman–Crippen LogP) is 4.64. The first-order valence-corrected chi connectivity index (χ1v) is 11.0. The number of nitrogens with zero attached hydrogens (tertiary/aromatic N) is 1. The quantitative estimate of drug-likeness (QED) is 0.443. The van der Waals surface area contributed by atoms with Gasteiger partial charge in [0.2, 0.25) is 0 Å². The van der Waals surface area contributed by atoms with Gasteiger partial charge in [0.05, 0.1) is 19.3 Å². The SMILES string of the molecule is CCOC(=O)C1(C(=O)OCC)[C@@H](C/C=C/c2ccccc2)CN(C)[C@@H]1c1ccc(F)cc1. The predicted molar refractivity (Wildman–Crippen MR) is 121 cm³/mol. The van der Waals surface area contributed by atoms with Crippen molar-refractivity contribution in [2.24, 2.45) is 11.3 Å². The Kier molecular flexibility index (Phi) is 7.80. The van der Waals surface area contributed by atoms with Crippen LogP contribution in [0.25, 0.3) is 6.08 Å². The van der Waals surface area contributed by atoms with Gasteiger partial charge in [0.15, 0.2) is 5.41 Å². The number of hydrogen-bond acceptors (Lipinski definition) is 5. The summed E-state index contributed by atoms with van der Waals surface area (Å²) >= 11 is 0. The zero-order chi connectivity index (χ0) is 23.1. The number of benzene rings is 2. The van der Waals surface area contributed by atoms with Crippen molar-refractivity contribution < 1.29 is 23.5 Å². The molecule has 0 saturated carbocycles. The highest BCUT2D eigenvalue weighted by atomic mass is 19.1. The fourth-order valence-electron chi connectivity index (χ4n) is 4.66. The Morgan fingerprint density at radius 3 is 2.19 bits per heavy atom. The van der Waals surface area contributed by atoms with Crippen molar-refractivity contribution in [3.8, 4) is 0 Å². The second-order valence-corrected chi connectivity index (χ2v) is 7.95. The molecule has 0 unspecified atom stereocenters. The molecule has 1 aliphatic rings. The molecular formula is C26H30FNO4. The molecule has 2 aromatic rings. The van der Waals surface area contributed by atoms with Crippen LogP contribution in [0.15, 0.2) is 60.7 Å². The number of esters is 2. The lowest BCUT2D eigenvalue weighted by atomic mass is 9.69. The molecule has 170 valence electrons. The van der Waals surface area contributed by atoms with E-state index in [9.17, 15) is 14.0 Å². The van der Waals surface area contributed by atoms with Crippen LogP contribution >= 0.6 is 0 Å². The van der Waals surface area contributed by atoms with Gasteiger partial charge in [-0.25, -0.2) is 4.39 Å². The molecule has 3 rings (SSSR count). The van der Waals surface area contributed by atoms with E-state index in [1.54, 1.807) is 26.0 Å². The van der Waals surface area contributed by atoms with E-state index in [-0.39, 0.29) is 24.9 Å². The zero-order valence-electron chi connectivity index (χ0n) is 18.8. The average molecular weight is 440 g/mol. The minimum atomic E-state index is -1.56. The van der Waals surface area contributed by atoms with Gasteiger partial charge in [-0.1, -0.05) is 54.6 Å². The monoisotopic (exact) mass is 439 g/mol. The third kappa shape index (κ3) is 4.60. The number of halogens is 1. The highest BCUT2D eigenvalue weighted by molar-refractivity contribution is 6.02. The van der Waals surface area contributed by atoms with Gasteiger partial charge in [-0.3, -0.25) is 14.5 Å². The van der Waals surface area contributed by atoms with Gasteiger partial charge >= 0.3 is 11.9 Å². The summed E-state index contributed by atoms with van der Waals surface area (Å²) in [5.74, 6) is -1.96. The molecule has 0 amide bonds. The number of ether oxygens (including phenoxy) is 2. The molecule has 6 heteroatoms. The summed E-state index contributed by atoms with van der Waals surface area (Å²) in [7, 11) is 1.86. The first-order chi connectivity index (χ1) is 15.4. The molecule has 1 heterocycles. The molecule has 2 atom stereocenters. The van der Waals surface area contributed by atoms with Crippen LogP contribution in [0.1, 0.15) is 37.4 Å². The van der Waals surface area contributed by atoms with Gasteiger partial charge in [-0.2, -0.15) is 0 Å². The molecule has 0 N–H and O–H groups in total. The molecule has 0 radical (unpaired) electrons. The molecular weight excluding hydrogens is 409 g/mol. The highest BCUT2D eigenvalue weighted by Gasteiger charge is 2.65. The highest BCUT2D eigenvalue weighted by Crippen LogP contribution is 2.53. The van der Waals surface area contributed by atoms with Crippen LogP contribution in [-0.2, 0) is 19.1 Å². The van der Waals surface area contributed by atoms with Crippen molar-refractivity contribution in [2.45, 2.75) is 26.3 Å². The van der Waals surface area contributed by atoms with Crippen LogP contribution in [-0.4, -0.2) is 43.6 Å². The Balaban J connectivity index is 2.06. The lowest BCUT2D eigenvalue weighted by Crippen LogP contribution is -2.49. The summed E-state index contributed by atoms with van der Waals surface area (Å²) in [6.45, 7) is 4.21. The summed E-state index contributed by atoms with van der Waals surface area (Å²) in [5, 5.41) is 0. The van der Waals surface area contributed by atoms with Crippen molar-refractivity contribution in [3.63, 3.8) is 0 Å². The Labute approximate surface area is 188 Å². The number of hydrogen-bond donors (Lipinski definition) is 0. The Morgan fingerprint density at radius 2 is 1.62 bits per heavy atom. The van der Waals surface area contributed by atoms with Crippen LogP contribution in [0.3, 0.4) is 0 Å². The van der Waals surface area contributed by atoms with Crippen LogP contribution in [0.5, 0.6) is 0 Å². The lowest BCUT2D eigenvalue weighted by Gasteiger charge is -2.36. The van der Waals surface area contributed by atoms with Crippen molar-refractivity contribution in [1.29, 1.82) is 0 Å². The summed E-state index contributed by atoms with van der Waals surface area (Å²) in [5.41, 5.74) is 0.149. The third-order valence-corrected chi connectivity index (χ3v) is 5.97. The topological polar surface area (TPSA) is 55.8 Å². The smallest absolute Gasteiger partial charge is 0.325 e. The molecule has 1 fully saturated rings. The Morgan fingerprint density at radius 1 is 1.03 bits per heavy atom. The summed E-state index contributed by atoms with van der Waals surface area (Å²) in [6.07, 6.45) is 4.44. The Bertz CT molecular complexity index is 924. The second-order valence-electron chi connectivity index (χ2n) is 7.95. The number of rotatable bonds is 8. The third-order valence-electron chi connectivity index (χ3n) is 5.97. The number of likely N-dealkylation sites (tertiary alicyclic amines) is 1. The van der Waals surface area contributed by atoms with E-state index in [2.05, 4.69) is 0 Å². The number of carbonyl (C=O) groups is 2. The van der Waals surface area contributed by atoms with E-state index in [0.29, 0.717) is 18.5 Å². The molecule has 0 aromatic heterocycles. The van der Waals surface area contributed by atoms with E-state index in [0.717, 1.165) is 5.56 Å². The molecule has 0 spiro atoms. The summed E-state index contributed by atoms with van der Waals surface area (Å²) in [4.78, 5) is 28.9. The number of allylic oxidation sites excluding steroid dienone is 1. The van der Waals surface area contributed by atoms with Gasteiger partial charge in [0.25, 0.3) is 0 Å². The maximum Gasteiger partial charge on any atom is 0.325 e. The number of carbonyl (C=O) groups excluding carboxylic acids is 2.